The number of hydrogen-bond acceptors (Lipinski definition) is 7. The van der Waals surface area contributed by atoms with Gasteiger partial charge in [0.05, 0.1) is 6.42 Å². The second-order valence-corrected chi connectivity index (χ2v) is 11.0. The lowest BCUT2D eigenvalue weighted by atomic mass is 9.83. The molecular formula is C29H42N4O8S. The van der Waals surface area contributed by atoms with E-state index in [0.717, 1.165) is 19.3 Å². The van der Waals surface area contributed by atoms with E-state index in [2.05, 4.69) is 33.9 Å². The molecular weight excluding hydrogens is 564 g/mol. The lowest BCUT2D eigenvalue weighted by Crippen LogP contribution is -2.59. The van der Waals surface area contributed by atoms with Gasteiger partial charge in [0, 0.05) is 12.2 Å². The Bertz CT molecular complexity index is 1100. The molecule has 0 saturated heterocycles. The van der Waals surface area contributed by atoms with E-state index in [1.807, 2.05) is 6.92 Å². The second-order valence-electron chi connectivity index (χ2n) is 10.6. The molecule has 1 aliphatic rings. The molecule has 4 amide bonds. The lowest BCUT2D eigenvalue weighted by molar-refractivity contribution is -0.142. The number of nitrogens with one attached hydrogen (secondary N) is 4. The van der Waals surface area contributed by atoms with E-state index in [0.29, 0.717) is 24.8 Å². The molecule has 232 valence electrons. The number of rotatable bonds is 16. The molecule has 1 aromatic rings. The Hall–Kier alpha value is -3.61. The number of thiol groups is 1. The fraction of sp³-hybridized carbons (Fsp3) is 0.586. The Kier molecular flexibility index (Phi) is 14.3. The lowest BCUT2D eigenvalue weighted by Gasteiger charge is -2.33. The predicted octanol–water partition coefficient (Wildman–Crippen LogP) is 1.80. The normalized spacial score (nSPS) is 17.0. The summed E-state index contributed by atoms with van der Waals surface area (Å²) in [6.45, 7) is 3.61. The van der Waals surface area contributed by atoms with Crippen LogP contribution in [0.3, 0.4) is 0 Å². The maximum atomic E-state index is 13.7. The summed E-state index contributed by atoms with van der Waals surface area (Å²) >= 11 is 3.99. The predicted molar refractivity (Wildman–Crippen MR) is 158 cm³/mol. The van der Waals surface area contributed by atoms with Crippen molar-refractivity contribution in [1.29, 1.82) is 0 Å². The molecule has 42 heavy (non-hydrogen) atoms. The zero-order chi connectivity index (χ0) is 31.2. The van der Waals surface area contributed by atoms with Crippen LogP contribution in [-0.2, 0) is 28.8 Å². The summed E-state index contributed by atoms with van der Waals surface area (Å²) in [5.41, 5.74) is 0.409. The van der Waals surface area contributed by atoms with Crippen molar-refractivity contribution in [1.82, 2.24) is 21.3 Å². The van der Waals surface area contributed by atoms with E-state index in [-0.39, 0.29) is 30.4 Å². The van der Waals surface area contributed by atoms with Gasteiger partial charge in [-0.1, -0.05) is 69.9 Å². The Balaban J connectivity index is 2.30. The van der Waals surface area contributed by atoms with Crippen LogP contribution in [0.5, 0.6) is 0 Å². The summed E-state index contributed by atoms with van der Waals surface area (Å²) in [5, 5.41) is 28.9. The largest absolute Gasteiger partial charge is 0.481 e. The molecule has 5 atom stereocenters. The van der Waals surface area contributed by atoms with Gasteiger partial charge in [-0.15, -0.1) is 0 Å². The highest BCUT2D eigenvalue weighted by atomic mass is 32.1. The number of hydrogen-bond donors (Lipinski definition) is 7. The van der Waals surface area contributed by atoms with Crippen LogP contribution < -0.4 is 21.3 Å². The Labute approximate surface area is 251 Å². The average Bonchev–Trinajstić information content (AvgIpc) is 2.98. The first-order valence-electron chi connectivity index (χ1n) is 14.3. The van der Waals surface area contributed by atoms with Crippen LogP contribution in [0.1, 0.15) is 76.8 Å². The minimum absolute atomic E-state index is 0.164. The Morgan fingerprint density at radius 2 is 1.50 bits per heavy atom. The van der Waals surface area contributed by atoms with E-state index in [4.69, 9.17) is 5.11 Å². The van der Waals surface area contributed by atoms with Crippen molar-refractivity contribution in [3.63, 3.8) is 0 Å². The van der Waals surface area contributed by atoms with E-state index >= 15 is 0 Å². The van der Waals surface area contributed by atoms with Crippen LogP contribution in [0.2, 0.25) is 0 Å². The van der Waals surface area contributed by atoms with Crippen molar-refractivity contribution in [3.8, 4) is 0 Å². The minimum atomic E-state index is -1.28. The van der Waals surface area contributed by atoms with Crippen LogP contribution in [0.15, 0.2) is 30.3 Å². The molecule has 0 aliphatic heterocycles. The van der Waals surface area contributed by atoms with E-state index in [1.165, 1.54) is 0 Å². The molecule has 13 heteroatoms. The fourth-order valence-corrected chi connectivity index (χ4v) is 5.14. The third-order valence-electron chi connectivity index (χ3n) is 7.56. The zero-order valence-electron chi connectivity index (χ0n) is 24.0. The standard InChI is InChI=1S/C29H42N4O8S/c1-3-17(2)23(32-28(39)24(18-10-6-4-7-11-18)31-21(34)14-15-22(35)36)26(37)33-25(19-12-8-5-9-13-19)27(38)30-20(16-42)29(40)41/h5,8-9,12-13,17-18,20,23-25,42H,3-4,6-7,10-11,14-16H2,1-2H3,(H,30,38)(H,31,34)(H,32,39)(H,33,37)(H,35,36)(H,40,41)/t17-,20+,23+,24+,25+/m1/s1. The van der Waals surface area contributed by atoms with Gasteiger partial charge in [0.15, 0.2) is 0 Å². The summed E-state index contributed by atoms with van der Waals surface area (Å²) in [4.78, 5) is 75.4. The third-order valence-corrected chi connectivity index (χ3v) is 7.92. The van der Waals surface area contributed by atoms with Gasteiger partial charge in [-0.25, -0.2) is 4.79 Å². The van der Waals surface area contributed by atoms with Crippen LogP contribution in [0.25, 0.3) is 0 Å². The van der Waals surface area contributed by atoms with Crippen molar-refractivity contribution in [2.75, 3.05) is 5.75 Å². The Morgan fingerprint density at radius 3 is 2.05 bits per heavy atom. The van der Waals surface area contributed by atoms with E-state index < -0.39 is 59.7 Å². The zero-order valence-corrected chi connectivity index (χ0v) is 24.9. The maximum absolute atomic E-state index is 13.7. The van der Waals surface area contributed by atoms with E-state index in [1.54, 1.807) is 37.3 Å². The number of aliphatic carboxylic acids is 2. The molecule has 1 fully saturated rings. The molecule has 0 heterocycles. The van der Waals surface area contributed by atoms with Crippen molar-refractivity contribution < 1.29 is 39.0 Å². The molecule has 6 N–H and O–H groups in total. The van der Waals surface area contributed by atoms with Gasteiger partial charge >= 0.3 is 11.9 Å². The smallest absolute Gasteiger partial charge is 0.327 e. The van der Waals surface area contributed by atoms with Crippen LogP contribution in [0, 0.1) is 11.8 Å². The molecule has 0 radical (unpaired) electrons. The number of carbonyl (C=O) groups is 6. The van der Waals surface area contributed by atoms with Gasteiger partial charge in [-0.3, -0.25) is 24.0 Å². The number of carboxylic acid groups (broad SMARTS) is 2. The van der Waals surface area contributed by atoms with E-state index in [9.17, 15) is 33.9 Å². The summed E-state index contributed by atoms with van der Waals surface area (Å²) in [6.07, 6.45) is 4.01. The quantitative estimate of drug-likeness (QED) is 0.139. The fourth-order valence-electron chi connectivity index (χ4n) is 4.89. The summed E-state index contributed by atoms with van der Waals surface area (Å²) < 4.78 is 0. The van der Waals surface area contributed by atoms with Crippen molar-refractivity contribution in [2.45, 2.75) is 89.4 Å². The van der Waals surface area contributed by atoms with Crippen LogP contribution in [0.4, 0.5) is 0 Å². The molecule has 1 aliphatic carbocycles. The summed E-state index contributed by atoms with van der Waals surface area (Å²) in [7, 11) is 0. The van der Waals surface area contributed by atoms with Gasteiger partial charge in [-0.05, 0) is 30.2 Å². The first-order chi connectivity index (χ1) is 20.0. The molecule has 0 spiro atoms. The third kappa shape index (κ3) is 10.7. The molecule has 1 saturated carbocycles. The molecule has 0 bridgehead atoms. The second kappa shape index (κ2) is 17.4. The highest BCUT2D eigenvalue weighted by Gasteiger charge is 2.36. The molecule has 2 rings (SSSR count). The van der Waals surface area contributed by atoms with Gasteiger partial charge in [0.1, 0.15) is 24.2 Å². The van der Waals surface area contributed by atoms with Gasteiger partial charge < -0.3 is 31.5 Å². The highest BCUT2D eigenvalue weighted by Crippen LogP contribution is 2.27. The average molecular weight is 607 g/mol. The van der Waals surface area contributed by atoms with Crippen molar-refractivity contribution >= 4 is 48.2 Å². The highest BCUT2D eigenvalue weighted by molar-refractivity contribution is 7.80. The van der Waals surface area contributed by atoms with Gasteiger partial charge in [-0.2, -0.15) is 12.6 Å². The number of benzene rings is 1. The first-order valence-corrected chi connectivity index (χ1v) is 14.9. The minimum Gasteiger partial charge on any atom is -0.481 e. The molecule has 12 nitrogen and oxygen atoms in total. The van der Waals surface area contributed by atoms with Crippen LogP contribution >= 0.6 is 12.6 Å². The molecule has 1 aromatic carbocycles. The first kappa shape index (κ1) is 34.6. The molecule has 0 unspecified atom stereocenters. The summed E-state index contributed by atoms with van der Waals surface area (Å²) in [6, 6.07) is 3.73. The Morgan fingerprint density at radius 1 is 0.857 bits per heavy atom. The molecule has 0 aromatic heterocycles. The van der Waals surface area contributed by atoms with Gasteiger partial charge in [0.2, 0.25) is 23.6 Å². The topological polar surface area (TPSA) is 191 Å². The van der Waals surface area contributed by atoms with Crippen molar-refractivity contribution in [3.05, 3.63) is 35.9 Å². The van der Waals surface area contributed by atoms with Crippen LogP contribution in [-0.4, -0.2) is 69.7 Å². The monoisotopic (exact) mass is 606 g/mol. The number of carbonyl (C=O) groups excluding carboxylic acids is 4. The SMILES string of the molecule is CC[C@@H](C)[C@H](NC(=O)[C@@H](NC(=O)CCC(=O)O)C1CCCCC1)C(=O)N[C@H](C(=O)N[C@@H](CS)C(=O)O)c1ccccc1. The maximum Gasteiger partial charge on any atom is 0.327 e. The summed E-state index contributed by atoms with van der Waals surface area (Å²) in [5.74, 6) is -5.65. The number of carboxylic acids is 2. The van der Waals surface area contributed by atoms with Crippen molar-refractivity contribution in [2.24, 2.45) is 11.8 Å². The van der Waals surface area contributed by atoms with Gasteiger partial charge in [0.25, 0.3) is 0 Å². The number of amides is 4.